The Balaban J connectivity index is 2.78. The number of hydrogen-bond acceptors (Lipinski definition) is 3. The molecule has 1 aromatic carbocycles. The van der Waals surface area contributed by atoms with Crippen molar-refractivity contribution in [3.05, 3.63) is 47.0 Å². The molecule has 0 spiro atoms. The first-order chi connectivity index (χ1) is 12.2. The smallest absolute Gasteiger partial charge is 0.237 e. The molecule has 0 unspecified atom stereocenters. The summed E-state index contributed by atoms with van der Waals surface area (Å²) in [5, 5.41) is 6.25. The maximum Gasteiger partial charge on any atom is 0.237 e. The number of carbonyl (C=O) groups excluding carboxylic acids is 2. The molecule has 1 amide bonds. The van der Waals surface area contributed by atoms with Crippen molar-refractivity contribution in [3.8, 4) is 0 Å². The van der Waals surface area contributed by atoms with Gasteiger partial charge in [0.1, 0.15) is 0 Å². The normalized spacial score (nSPS) is 13.2. The van der Waals surface area contributed by atoms with Crippen LogP contribution in [-0.2, 0) is 16.0 Å². The van der Waals surface area contributed by atoms with Crippen molar-refractivity contribution in [2.45, 2.75) is 66.5 Å². The summed E-state index contributed by atoms with van der Waals surface area (Å²) in [6.45, 7) is 12.5. The van der Waals surface area contributed by atoms with E-state index in [2.05, 4.69) is 30.6 Å². The molecule has 4 nitrogen and oxygen atoms in total. The van der Waals surface area contributed by atoms with E-state index in [0.29, 0.717) is 18.9 Å². The van der Waals surface area contributed by atoms with E-state index in [0.717, 1.165) is 12.0 Å². The molecule has 1 aromatic rings. The number of aryl methyl sites for hydroxylation is 1. The second kappa shape index (κ2) is 10.9. The first kappa shape index (κ1) is 22.1. The van der Waals surface area contributed by atoms with E-state index in [-0.39, 0.29) is 17.7 Å². The highest BCUT2D eigenvalue weighted by molar-refractivity contribution is 5.89. The van der Waals surface area contributed by atoms with Gasteiger partial charge in [0, 0.05) is 6.54 Å². The molecule has 0 aliphatic rings. The van der Waals surface area contributed by atoms with Crippen LogP contribution in [0.3, 0.4) is 0 Å². The van der Waals surface area contributed by atoms with Crippen LogP contribution in [0.25, 0.3) is 0 Å². The van der Waals surface area contributed by atoms with Crippen molar-refractivity contribution in [2.24, 2.45) is 5.92 Å². The van der Waals surface area contributed by atoms with E-state index in [9.17, 15) is 9.59 Å². The van der Waals surface area contributed by atoms with Crippen LogP contribution >= 0.6 is 0 Å². The number of hydrogen-bond donors (Lipinski definition) is 2. The van der Waals surface area contributed by atoms with Crippen molar-refractivity contribution < 1.29 is 9.59 Å². The third kappa shape index (κ3) is 8.43. The molecule has 4 heteroatoms. The standard InChI is InChI=1S/C22H34N2O2/c1-15(2)11-12-23-21(13-16(3)4)22(26)24-20(18(6)25)14-19-9-7-17(5)8-10-19/h7-11,16,20-21,23H,12-14H2,1-6H3,(H,24,26)/t20-,21-/m0/s1. The lowest BCUT2D eigenvalue weighted by molar-refractivity contribution is -0.128. The van der Waals surface area contributed by atoms with Gasteiger partial charge in [-0.3, -0.25) is 9.59 Å². The van der Waals surface area contributed by atoms with Crippen LogP contribution in [-0.4, -0.2) is 30.3 Å². The minimum Gasteiger partial charge on any atom is -0.345 e. The van der Waals surface area contributed by atoms with Crippen LogP contribution in [0.2, 0.25) is 0 Å². The van der Waals surface area contributed by atoms with Gasteiger partial charge in [0.15, 0.2) is 5.78 Å². The second-order valence-corrected chi connectivity index (χ2v) is 7.73. The van der Waals surface area contributed by atoms with Gasteiger partial charge in [-0.1, -0.05) is 55.3 Å². The number of benzene rings is 1. The van der Waals surface area contributed by atoms with E-state index in [1.54, 1.807) is 0 Å². The average molecular weight is 359 g/mol. The Morgan fingerprint density at radius 3 is 2.15 bits per heavy atom. The van der Waals surface area contributed by atoms with Gasteiger partial charge in [0.2, 0.25) is 5.91 Å². The Hall–Kier alpha value is -1.94. The van der Waals surface area contributed by atoms with Gasteiger partial charge >= 0.3 is 0 Å². The molecule has 0 aromatic heterocycles. The minimum absolute atomic E-state index is 0.0217. The summed E-state index contributed by atoms with van der Waals surface area (Å²) in [4.78, 5) is 24.8. The summed E-state index contributed by atoms with van der Waals surface area (Å²) in [6.07, 6.45) is 3.32. The van der Waals surface area contributed by atoms with Crippen molar-refractivity contribution in [1.82, 2.24) is 10.6 Å². The first-order valence-corrected chi connectivity index (χ1v) is 9.42. The number of rotatable bonds is 10. The highest BCUT2D eigenvalue weighted by Gasteiger charge is 2.24. The largest absolute Gasteiger partial charge is 0.345 e. The number of ketones is 1. The van der Waals surface area contributed by atoms with E-state index < -0.39 is 6.04 Å². The lowest BCUT2D eigenvalue weighted by atomic mass is 9.99. The van der Waals surface area contributed by atoms with Crippen molar-refractivity contribution in [3.63, 3.8) is 0 Å². The van der Waals surface area contributed by atoms with Gasteiger partial charge in [0.25, 0.3) is 0 Å². The molecular formula is C22H34N2O2. The van der Waals surface area contributed by atoms with Crippen LogP contribution in [0.4, 0.5) is 0 Å². The van der Waals surface area contributed by atoms with E-state index in [4.69, 9.17) is 0 Å². The third-order valence-corrected chi connectivity index (χ3v) is 4.27. The molecule has 0 fully saturated rings. The summed E-state index contributed by atoms with van der Waals surface area (Å²) in [5.74, 6) is 0.262. The summed E-state index contributed by atoms with van der Waals surface area (Å²) >= 11 is 0. The molecule has 144 valence electrons. The third-order valence-electron chi connectivity index (χ3n) is 4.27. The van der Waals surface area contributed by atoms with Gasteiger partial charge in [-0.25, -0.2) is 0 Å². The molecule has 1 rings (SSSR count). The molecular weight excluding hydrogens is 324 g/mol. The molecule has 2 N–H and O–H groups in total. The zero-order valence-electron chi connectivity index (χ0n) is 17.1. The fraction of sp³-hybridized carbons (Fsp3) is 0.545. The van der Waals surface area contributed by atoms with Crippen LogP contribution in [0, 0.1) is 12.8 Å². The van der Waals surface area contributed by atoms with E-state index in [1.165, 1.54) is 18.1 Å². The summed E-state index contributed by atoms with van der Waals surface area (Å²) in [6, 6.07) is 7.27. The first-order valence-electron chi connectivity index (χ1n) is 9.42. The average Bonchev–Trinajstić information content (AvgIpc) is 2.54. The monoisotopic (exact) mass is 358 g/mol. The fourth-order valence-electron chi connectivity index (χ4n) is 2.69. The van der Waals surface area contributed by atoms with Crippen molar-refractivity contribution in [1.29, 1.82) is 0 Å². The molecule has 26 heavy (non-hydrogen) atoms. The molecule has 0 radical (unpaired) electrons. The maximum atomic E-state index is 12.8. The summed E-state index contributed by atoms with van der Waals surface area (Å²) in [7, 11) is 0. The molecule has 0 aliphatic heterocycles. The zero-order valence-corrected chi connectivity index (χ0v) is 17.1. The topological polar surface area (TPSA) is 58.2 Å². The highest BCUT2D eigenvalue weighted by Crippen LogP contribution is 2.09. The molecule has 0 bridgehead atoms. The van der Waals surface area contributed by atoms with Gasteiger partial charge < -0.3 is 10.6 Å². The van der Waals surface area contributed by atoms with Gasteiger partial charge in [-0.15, -0.1) is 0 Å². The fourth-order valence-corrected chi connectivity index (χ4v) is 2.69. The zero-order chi connectivity index (χ0) is 19.7. The quantitative estimate of drug-likeness (QED) is 0.629. The van der Waals surface area contributed by atoms with E-state index >= 15 is 0 Å². The van der Waals surface area contributed by atoms with Gasteiger partial charge in [-0.2, -0.15) is 0 Å². The Kier molecular flexibility index (Phi) is 9.28. The molecule has 0 heterocycles. The Morgan fingerprint density at radius 2 is 1.65 bits per heavy atom. The van der Waals surface area contributed by atoms with Crippen LogP contribution < -0.4 is 10.6 Å². The highest BCUT2D eigenvalue weighted by atomic mass is 16.2. The van der Waals surface area contributed by atoms with Crippen molar-refractivity contribution >= 4 is 11.7 Å². The predicted molar refractivity (Wildman–Crippen MR) is 108 cm³/mol. The van der Waals surface area contributed by atoms with Crippen LogP contribution in [0.1, 0.15) is 52.2 Å². The lowest BCUT2D eigenvalue weighted by Gasteiger charge is -2.23. The van der Waals surface area contributed by atoms with Gasteiger partial charge in [-0.05, 0) is 52.0 Å². The second-order valence-electron chi connectivity index (χ2n) is 7.73. The number of allylic oxidation sites excluding steroid dienone is 1. The Labute approximate surface area is 158 Å². The lowest BCUT2D eigenvalue weighted by Crippen LogP contribution is -2.51. The predicted octanol–water partition coefficient (Wildman–Crippen LogP) is 3.58. The summed E-state index contributed by atoms with van der Waals surface area (Å²) < 4.78 is 0. The maximum absolute atomic E-state index is 12.8. The molecule has 2 atom stereocenters. The van der Waals surface area contributed by atoms with Crippen molar-refractivity contribution in [2.75, 3.05) is 6.54 Å². The number of Topliss-reactive ketones (excluding diaryl/α,β-unsaturated/α-hetero) is 1. The van der Waals surface area contributed by atoms with Crippen LogP contribution in [0.15, 0.2) is 35.9 Å². The number of nitrogens with one attached hydrogen (secondary N) is 2. The van der Waals surface area contributed by atoms with E-state index in [1.807, 2.05) is 45.0 Å². The minimum atomic E-state index is -0.495. The molecule has 0 saturated heterocycles. The Bertz CT molecular complexity index is 614. The molecule has 0 saturated carbocycles. The number of carbonyl (C=O) groups is 2. The van der Waals surface area contributed by atoms with Gasteiger partial charge in [0.05, 0.1) is 12.1 Å². The molecule has 0 aliphatic carbocycles. The summed E-state index contributed by atoms with van der Waals surface area (Å²) in [5.41, 5.74) is 3.44. The number of amides is 1. The SMILES string of the molecule is CC(=O)[C@H](Cc1ccc(C)cc1)NC(=O)[C@H](CC(C)C)NCC=C(C)C. The Morgan fingerprint density at radius 1 is 1.04 bits per heavy atom. The van der Waals surface area contributed by atoms with Crippen LogP contribution in [0.5, 0.6) is 0 Å².